The molecule has 0 spiro atoms. The second-order valence-electron chi connectivity index (χ2n) is 7.14. The Morgan fingerprint density at radius 1 is 1.36 bits per heavy atom. The van der Waals surface area contributed by atoms with Crippen molar-refractivity contribution in [2.75, 3.05) is 39.8 Å². The molecule has 1 unspecified atom stereocenters. The van der Waals surface area contributed by atoms with Gasteiger partial charge in [0.05, 0.1) is 12.1 Å². The molecule has 5 nitrogen and oxygen atoms in total. The third-order valence-corrected chi connectivity index (χ3v) is 4.35. The lowest BCUT2D eigenvalue weighted by molar-refractivity contribution is 0.0310. The van der Waals surface area contributed by atoms with Crippen molar-refractivity contribution in [3.05, 3.63) is 0 Å². The maximum atomic E-state index is 5.43. The summed E-state index contributed by atoms with van der Waals surface area (Å²) in [6, 6.07) is 0.646. The van der Waals surface area contributed by atoms with Gasteiger partial charge in [0.1, 0.15) is 0 Å². The second kappa shape index (κ2) is 9.36. The molecule has 0 radical (unpaired) electrons. The summed E-state index contributed by atoms with van der Waals surface area (Å²) in [6.07, 6.45) is 2.61. The lowest BCUT2D eigenvalue weighted by atomic mass is 9.97. The molecule has 1 saturated heterocycles. The number of guanidine groups is 1. The van der Waals surface area contributed by atoms with E-state index in [1.165, 1.54) is 25.9 Å². The minimum absolute atomic E-state index is 0.221. The Morgan fingerprint density at radius 3 is 2.68 bits per heavy atom. The zero-order valence-corrected chi connectivity index (χ0v) is 15.4. The average molecular weight is 313 g/mol. The van der Waals surface area contributed by atoms with Crippen molar-refractivity contribution in [3.8, 4) is 0 Å². The normalized spacial score (nSPS) is 21.2. The first-order chi connectivity index (χ1) is 10.4. The molecule has 1 fully saturated rings. The van der Waals surface area contributed by atoms with Crippen LogP contribution in [0.4, 0.5) is 0 Å². The van der Waals surface area contributed by atoms with Crippen LogP contribution in [0, 0.1) is 5.92 Å². The first kappa shape index (κ1) is 19.2. The Morgan fingerprint density at radius 2 is 2.09 bits per heavy atom. The maximum absolute atomic E-state index is 5.43. The number of aliphatic imine (C=N–C) groups is 1. The van der Waals surface area contributed by atoms with E-state index in [-0.39, 0.29) is 5.60 Å². The molecule has 130 valence electrons. The highest BCUT2D eigenvalue weighted by atomic mass is 16.5. The van der Waals surface area contributed by atoms with Crippen LogP contribution < -0.4 is 10.6 Å². The van der Waals surface area contributed by atoms with Gasteiger partial charge in [-0.1, -0.05) is 0 Å². The number of nitrogens with zero attached hydrogens (tertiary/aromatic N) is 2. The molecular weight excluding hydrogens is 276 g/mol. The largest absolute Gasteiger partial charge is 0.377 e. The Hall–Kier alpha value is -0.810. The van der Waals surface area contributed by atoms with Crippen molar-refractivity contribution >= 4 is 5.96 Å². The minimum Gasteiger partial charge on any atom is -0.377 e. The summed E-state index contributed by atoms with van der Waals surface area (Å²) in [4.78, 5) is 7.23. The van der Waals surface area contributed by atoms with Gasteiger partial charge in [-0.2, -0.15) is 0 Å². The van der Waals surface area contributed by atoms with Gasteiger partial charge in [-0.05, 0) is 59.9 Å². The van der Waals surface area contributed by atoms with Crippen molar-refractivity contribution in [3.63, 3.8) is 0 Å². The number of likely N-dealkylation sites (tertiary alicyclic amines) is 1. The standard InChI is InChI=1S/C17H36N4O/c1-7-18-16(20-13-17(4,5)22-6)19-11-15-9-8-10-21(12-15)14(2)3/h14-15H,7-13H2,1-6H3,(H2,18,19,20). The molecule has 0 aromatic carbocycles. The van der Waals surface area contributed by atoms with Crippen LogP contribution in [0.3, 0.4) is 0 Å². The Kier molecular flexibility index (Phi) is 8.18. The van der Waals surface area contributed by atoms with Crippen molar-refractivity contribution < 1.29 is 4.74 Å². The van der Waals surface area contributed by atoms with E-state index in [2.05, 4.69) is 55.1 Å². The maximum Gasteiger partial charge on any atom is 0.191 e. The van der Waals surface area contributed by atoms with Crippen LogP contribution >= 0.6 is 0 Å². The fourth-order valence-corrected chi connectivity index (χ4v) is 2.65. The zero-order valence-electron chi connectivity index (χ0n) is 15.4. The van der Waals surface area contributed by atoms with Crippen LogP contribution in [0.2, 0.25) is 0 Å². The van der Waals surface area contributed by atoms with Crippen LogP contribution in [-0.2, 0) is 4.74 Å². The molecule has 0 saturated carbocycles. The number of hydrogen-bond acceptors (Lipinski definition) is 3. The Balaban J connectivity index is 2.48. The predicted molar refractivity (Wildman–Crippen MR) is 94.5 cm³/mol. The molecular formula is C17H36N4O. The highest BCUT2D eigenvalue weighted by Crippen LogP contribution is 2.17. The molecule has 2 N–H and O–H groups in total. The summed E-state index contributed by atoms with van der Waals surface area (Å²) in [5.41, 5.74) is -0.221. The molecule has 1 aliphatic heterocycles. The van der Waals surface area contributed by atoms with Crippen LogP contribution in [0.25, 0.3) is 0 Å². The first-order valence-corrected chi connectivity index (χ1v) is 8.69. The molecule has 1 aliphatic rings. The monoisotopic (exact) mass is 312 g/mol. The lowest BCUT2D eigenvalue weighted by Gasteiger charge is -2.35. The number of rotatable bonds is 7. The van der Waals surface area contributed by atoms with E-state index in [0.29, 0.717) is 18.5 Å². The minimum atomic E-state index is -0.221. The molecule has 22 heavy (non-hydrogen) atoms. The van der Waals surface area contributed by atoms with Gasteiger partial charge >= 0.3 is 0 Å². The van der Waals surface area contributed by atoms with Gasteiger partial charge in [-0.15, -0.1) is 0 Å². The summed E-state index contributed by atoms with van der Waals surface area (Å²) in [6.45, 7) is 15.7. The summed E-state index contributed by atoms with van der Waals surface area (Å²) in [5.74, 6) is 1.60. The molecule has 1 heterocycles. The van der Waals surface area contributed by atoms with Crippen LogP contribution in [0.5, 0.6) is 0 Å². The van der Waals surface area contributed by atoms with E-state index >= 15 is 0 Å². The van der Waals surface area contributed by atoms with Crippen molar-refractivity contribution in [1.29, 1.82) is 0 Å². The van der Waals surface area contributed by atoms with Gasteiger partial charge < -0.3 is 20.3 Å². The number of ether oxygens (including phenoxy) is 1. The van der Waals surface area contributed by atoms with E-state index in [4.69, 9.17) is 4.74 Å². The van der Waals surface area contributed by atoms with Gasteiger partial charge in [0.15, 0.2) is 5.96 Å². The van der Waals surface area contributed by atoms with Crippen LogP contribution in [0.1, 0.15) is 47.5 Å². The SMILES string of the molecule is CCNC(=NCC(C)(C)OC)NCC1CCCN(C(C)C)C1. The van der Waals surface area contributed by atoms with Gasteiger partial charge in [0.25, 0.3) is 0 Å². The molecule has 1 rings (SSSR count). The van der Waals surface area contributed by atoms with Gasteiger partial charge in [-0.25, -0.2) is 0 Å². The Labute approximate surface area is 136 Å². The number of nitrogens with one attached hydrogen (secondary N) is 2. The fraction of sp³-hybridized carbons (Fsp3) is 0.941. The first-order valence-electron chi connectivity index (χ1n) is 8.69. The smallest absolute Gasteiger partial charge is 0.191 e. The summed E-state index contributed by atoms with van der Waals surface area (Å²) >= 11 is 0. The van der Waals surface area contributed by atoms with Gasteiger partial charge in [0, 0.05) is 32.8 Å². The van der Waals surface area contributed by atoms with Gasteiger partial charge in [-0.3, -0.25) is 4.99 Å². The predicted octanol–water partition coefficient (Wildman–Crippen LogP) is 2.09. The zero-order chi connectivity index (χ0) is 16.6. The average Bonchev–Trinajstić information content (AvgIpc) is 2.50. The number of piperidine rings is 1. The summed E-state index contributed by atoms with van der Waals surface area (Å²) in [7, 11) is 1.73. The molecule has 0 bridgehead atoms. The molecule has 0 amide bonds. The molecule has 0 aliphatic carbocycles. The van der Waals surface area contributed by atoms with Crippen molar-refractivity contribution in [2.24, 2.45) is 10.9 Å². The fourth-order valence-electron chi connectivity index (χ4n) is 2.65. The molecule has 0 aromatic rings. The third kappa shape index (κ3) is 6.97. The van der Waals surface area contributed by atoms with E-state index < -0.39 is 0 Å². The second-order valence-corrected chi connectivity index (χ2v) is 7.14. The van der Waals surface area contributed by atoms with Crippen molar-refractivity contribution in [2.45, 2.75) is 59.1 Å². The summed E-state index contributed by atoms with van der Waals surface area (Å²) in [5, 5.41) is 6.83. The van der Waals surface area contributed by atoms with Crippen molar-refractivity contribution in [1.82, 2.24) is 15.5 Å². The highest BCUT2D eigenvalue weighted by Gasteiger charge is 2.22. The Bertz CT molecular complexity index is 342. The number of hydrogen-bond donors (Lipinski definition) is 2. The van der Waals surface area contributed by atoms with E-state index in [1.807, 2.05) is 0 Å². The highest BCUT2D eigenvalue weighted by molar-refractivity contribution is 5.79. The van der Waals surface area contributed by atoms with E-state index in [9.17, 15) is 0 Å². The molecule has 0 aromatic heterocycles. The quantitative estimate of drug-likeness (QED) is 0.558. The lowest BCUT2D eigenvalue weighted by Crippen LogP contribution is -2.46. The topological polar surface area (TPSA) is 48.9 Å². The van der Waals surface area contributed by atoms with Crippen LogP contribution in [0.15, 0.2) is 4.99 Å². The van der Waals surface area contributed by atoms with E-state index in [1.54, 1.807) is 7.11 Å². The number of methoxy groups -OCH3 is 1. The molecule has 1 atom stereocenters. The summed E-state index contributed by atoms with van der Waals surface area (Å²) < 4.78 is 5.43. The van der Waals surface area contributed by atoms with Crippen LogP contribution in [-0.4, -0.2) is 62.3 Å². The molecule has 5 heteroatoms. The third-order valence-electron chi connectivity index (χ3n) is 4.35. The van der Waals surface area contributed by atoms with Gasteiger partial charge in [0.2, 0.25) is 0 Å². The van der Waals surface area contributed by atoms with E-state index in [0.717, 1.165) is 19.0 Å².